The second-order valence-corrected chi connectivity index (χ2v) is 12.6. The minimum absolute atomic E-state index is 0.0270. The molecule has 5 rings (SSSR count). The van der Waals surface area contributed by atoms with Crippen molar-refractivity contribution in [3.05, 3.63) is 58.2 Å². The number of carbonyl (C=O) groups excluding carboxylic acids is 1. The Morgan fingerprint density at radius 1 is 1.02 bits per heavy atom. The first-order valence-corrected chi connectivity index (χ1v) is 15.4. The van der Waals surface area contributed by atoms with Crippen molar-refractivity contribution >= 4 is 17.9 Å². The van der Waals surface area contributed by atoms with Gasteiger partial charge in [-0.3, -0.25) is 9.69 Å². The molecule has 2 aromatic heterocycles. The summed E-state index contributed by atoms with van der Waals surface area (Å²) in [4.78, 5) is 36.9. The summed E-state index contributed by atoms with van der Waals surface area (Å²) < 4.78 is 92.2. The molecule has 0 bridgehead atoms. The fourth-order valence-electron chi connectivity index (χ4n) is 6.62. The lowest BCUT2D eigenvalue weighted by atomic mass is 9.80. The summed E-state index contributed by atoms with van der Waals surface area (Å²) in [6.07, 6.45) is -7.64. The van der Waals surface area contributed by atoms with E-state index in [0.717, 1.165) is 25.7 Å². The number of carboxylic acids is 1. The van der Waals surface area contributed by atoms with Gasteiger partial charge in [-0.15, -0.1) is 0 Å². The van der Waals surface area contributed by atoms with E-state index in [1.807, 2.05) is 11.9 Å². The van der Waals surface area contributed by atoms with Crippen LogP contribution in [0.25, 0.3) is 11.3 Å². The number of hydrogen-bond acceptors (Lipinski definition) is 8. The molecule has 2 fully saturated rings. The molecule has 16 heteroatoms. The van der Waals surface area contributed by atoms with Crippen LogP contribution < -0.4 is 4.90 Å². The van der Waals surface area contributed by atoms with Crippen LogP contribution in [0.3, 0.4) is 0 Å². The quantitative estimate of drug-likeness (QED) is 0.228. The number of aliphatic carboxylic acids is 1. The number of carboxylic acid groups (broad SMARTS) is 1. The van der Waals surface area contributed by atoms with Gasteiger partial charge in [-0.05, 0) is 82.1 Å². The molecule has 1 aliphatic carbocycles. The lowest BCUT2D eigenvalue weighted by Gasteiger charge is -2.32. The number of aryl methyl sites for hydroxylation is 2. The number of alkyl halides is 6. The number of nitrogens with zero attached hydrogens (tertiary/aromatic N) is 5. The average Bonchev–Trinajstić information content (AvgIpc) is 3.48. The molecule has 3 heterocycles. The summed E-state index contributed by atoms with van der Waals surface area (Å²) in [6, 6.07) is 0.179. The molecular formula is C32H35F6N5O5. The highest BCUT2D eigenvalue weighted by Gasteiger charge is 2.44. The molecule has 1 amide bonds. The van der Waals surface area contributed by atoms with Crippen molar-refractivity contribution in [3.8, 4) is 11.3 Å². The Bertz CT molecular complexity index is 1620. The van der Waals surface area contributed by atoms with Gasteiger partial charge >= 0.3 is 24.4 Å². The van der Waals surface area contributed by atoms with Crippen LogP contribution in [0.4, 0.5) is 37.0 Å². The summed E-state index contributed by atoms with van der Waals surface area (Å²) in [5.41, 5.74) is -1.59. The smallest absolute Gasteiger partial charge is 0.416 e. The number of amides is 1. The normalized spacial score (nSPS) is 21.8. The van der Waals surface area contributed by atoms with Crippen LogP contribution in [0.5, 0.6) is 0 Å². The SMILES string of the molecule is Cc1noc(C)c1-c1cnc(N(C)CC2CCC(CC(=O)O)CC2)c(CN2C(=O)O[C@H](c3cc(C(F)(F)F)cc(C(F)(F)F)c3)[C@@H]2C)n1. The van der Waals surface area contributed by atoms with Crippen molar-refractivity contribution in [3.63, 3.8) is 0 Å². The first kappa shape index (κ1) is 35.0. The van der Waals surface area contributed by atoms with E-state index in [0.29, 0.717) is 52.9 Å². The highest BCUT2D eigenvalue weighted by Crippen LogP contribution is 2.41. The molecule has 1 saturated carbocycles. The number of halogens is 6. The molecule has 1 N–H and O–H groups in total. The highest BCUT2D eigenvalue weighted by atomic mass is 19.4. The summed E-state index contributed by atoms with van der Waals surface area (Å²) >= 11 is 0. The van der Waals surface area contributed by atoms with E-state index in [1.165, 1.54) is 11.8 Å². The average molecular weight is 684 g/mol. The van der Waals surface area contributed by atoms with Crippen LogP contribution in [-0.4, -0.2) is 56.8 Å². The molecule has 2 aliphatic rings. The van der Waals surface area contributed by atoms with E-state index in [-0.39, 0.29) is 30.9 Å². The molecule has 3 aromatic rings. The maximum atomic E-state index is 13.6. The van der Waals surface area contributed by atoms with E-state index >= 15 is 0 Å². The number of aromatic nitrogens is 3. The summed E-state index contributed by atoms with van der Waals surface area (Å²) in [5, 5.41) is 13.1. The lowest BCUT2D eigenvalue weighted by molar-refractivity contribution is -0.143. The van der Waals surface area contributed by atoms with Gasteiger partial charge in [0.15, 0.2) is 5.82 Å². The predicted molar refractivity (Wildman–Crippen MR) is 159 cm³/mol. The van der Waals surface area contributed by atoms with E-state index < -0.39 is 53.3 Å². The van der Waals surface area contributed by atoms with Gasteiger partial charge in [0.1, 0.15) is 17.6 Å². The minimum atomic E-state index is -5.06. The van der Waals surface area contributed by atoms with E-state index in [4.69, 9.17) is 19.4 Å². The Balaban J connectivity index is 1.45. The third kappa shape index (κ3) is 7.51. The molecule has 1 aromatic carbocycles. The fraction of sp³-hybridized carbons (Fsp3) is 0.531. The van der Waals surface area contributed by atoms with Gasteiger partial charge in [-0.2, -0.15) is 26.3 Å². The number of benzene rings is 1. The van der Waals surface area contributed by atoms with Gasteiger partial charge in [0.2, 0.25) is 0 Å². The molecule has 260 valence electrons. The van der Waals surface area contributed by atoms with Crippen LogP contribution in [0.1, 0.15) is 79.0 Å². The Morgan fingerprint density at radius 2 is 1.62 bits per heavy atom. The number of carbonyl (C=O) groups is 2. The maximum Gasteiger partial charge on any atom is 0.416 e. The summed E-state index contributed by atoms with van der Waals surface area (Å²) in [7, 11) is 1.81. The van der Waals surface area contributed by atoms with Gasteiger partial charge in [-0.25, -0.2) is 14.8 Å². The van der Waals surface area contributed by atoms with Crippen LogP contribution in [-0.2, 0) is 28.4 Å². The lowest BCUT2D eigenvalue weighted by Crippen LogP contribution is -2.34. The fourth-order valence-corrected chi connectivity index (χ4v) is 6.62. The number of cyclic esters (lactones) is 1. The topological polar surface area (TPSA) is 122 Å². The van der Waals surface area contributed by atoms with Gasteiger partial charge in [0.25, 0.3) is 0 Å². The summed E-state index contributed by atoms with van der Waals surface area (Å²) in [6.45, 7) is 5.25. The molecule has 48 heavy (non-hydrogen) atoms. The zero-order valence-electron chi connectivity index (χ0n) is 26.7. The largest absolute Gasteiger partial charge is 0.481 e. The molecule has 0 unspecified atom stereocenters. The van der Waals surface area contributed by atoms with Gasteiger partial charge in [-0.1, -0.05) is 5.16 Å². The highest BCUT2D eigenvalue weighted by molar-refractivity contribution is 5.72. The third-order valence-electron chi connectivity index (χ3n) is 9.09. The minimum Gasteiger partial charge on any atom is -0.481 e. The molecule has 10 nitrogen and oxygen atoms in total. The number of hydrogen-bond donors (Lipinski definition) is 1. The second-order valence-electron chi connectivity index (χ2n) is 12.6. The molecule has 1 aliphatic heterocycles. The van der Waals surface area contributed by atoms with Crippen LogP contribution >= 0.6 is 0 Å². The van der Waals surface area contributed by atoms with Gasteiger partial charge < -0.3 is 19.3 Å². The molecular weight excluding hydrogens is 648 g/mol. The Kier molecular flexibility index (Phi) is 9.66. The van der Waals surface area contributed by atoms with Crippen LogP contribution in [0.2, 0.25) is 0 Å². The Morgan fingerprint density at radius 3 is 2.17 bits per heavy atom. The standard InChI is InChI=1S/C32H35F6N5O5/c1-16-27(18(3)48-41-16)24-13-39-29(42(4)14-20-7-5-19(6-8-20)9-26(44)45)25(40-24)15-43-17(2)28(47-30(43)46)21-10-22(31(33,34)35)12-23(11-21)32(36,37)38/h10-13,17,19-20,28H,5-9,14-15H2,1-4H3,(H,44,45)/t17-,19?,20?,28-/m0/s1. The Hall–Kier alpha value is -4.37. The number of anilines is 1. The molecule has 2 atom stereocenters. The van der Waals surface area contributed by atoms with Crippen molar-refractivity contribution in [2.45, 2.75) is 83.9 Å². The first-order chi connectivity index (χ1) is 22.4. The second kappa shape index (κ2) is 13.3. The molecule has 1 saturated heterocycles. The van der Waals surface area contributed by atoms with E-state index in [1.54, 1.807) is 20.0 Å². The van der Waals surface area contributed by atoms with Gasteiger partial charge in [0.05, 0.1) is 46.9 Å². The first-order valence-electron chi connectivity index (χ1n) is 15.4. The third-order valence-corrected chi connectivity index (χ3v) is 9.09. The van der Waals surface area contributed by atoms with E-state index in [9.17, 15) is 35.9 Å². The van der Waals surface area contributed by atoms with Crippen LogP contribution in [0.15, 0.2) is 28.9 Å². The van der Waals surface area contributed by atoms with Crippen LogP contribution in [0, 0.1) is 25.7 Å². The number of rotatable bonds is 9. The molecule has 0 radical (unpaired) electrons. The zero-order valence-corrected chi connectivity index (χ0v) is 26.7. The Labute approximate surface area is 272 Å². The predicted octanol–water partition coefficient (Wildman–Crippen LogP) is 7.59. The molecule has 0 spiro atoms. The monoisotopic (exact) mass is 683 g/mol. The van der Waals surface area contributed by atoms with Crippen molar-refractivity contribution < 1.29 is 50.3 Å². The maximum absolute atomic E-state index is 13.6. The van der Waals surface area contributed by atoms with Crippen molar-refractivity contribution in [2.24, 2.45) is 11.8 Å². The zero-order chi connectivity index (χ0) is 35.1. The van der Waals surface area contributed by atoms with E-state index in [2.05, 4.69) is 10.1 Å². The summed E-state index contributed by atoms with van der Waals surface area (Å²) in [5.74, 6) is 0.430. The van der Waals surface area contributed by atoms with Crippen molar-refractivity contribution in [1.82, 2.24) is 20.0 Å². The number of ether oxygens (including phenoxy) is 1. The van der Waals surface area contributed by atoms with Crippen molar-refractivity contribution in [2.75, 3.05) is 18.5 Å². The van der Waals surface area contributed by atoms with Gasteiger partial charge in [0, 0.05) is 20.0 Å². The van der Waals surface area contributed by atoms with Crippen molar-refractivity contribution in [1.29, 1.82) is 0 Å².